The van der Waals surface area contributed by atoms with E-state index >= 15 is 0 Å². The lowest BCUT2D eigenvalue weighted by atomic mass is 10.1. The smallest absolute Gasteiger partial charge is 0.414 e. The van der Waals surface area contributed by atoms with Gasteiger partial charge in [-0.15, -0.1) is 11.3 Å². The third-order valence-electron chi connectivity index (χ3n) is 4.71. The van der Waals surface area contributed by atoms with Crippen molar-refractivity contribution in [1.82, 2.24) is 4.98 Å². The van der Waals surface area contributed by atoms with E-state index in [4.69, 9.17) is 4.74 Å². The molecule has 0 aliphatic carbocycles. The second-order valence-corrected chi connectivity index (χ2v) is 7.47. The molecule has 0 spiro atoms. The Bertz CT molecular complexity index is 1060. The maximum absolute atomic E-state index is 12.6. The summed E-state index contributed by atoms with van der Waals surface area (Å²) in [5.74, 6) is -0.268. The Morgan fingerprint density at radius 2 is 2.04 bits per heavy atom. The third-order valence-corrected chi connectivity index (χ3v) is 5.47. The number of benzene rings is 2. The van der Waals surface area contributed by atoms with Crippen LogP contribution in [-0.2, 0) is 4.74 Å². The summed E-state index contributed by atoms with van der Waals surface area (Å²) >= 11 is 1.38. The maximum atomic E-state index is 12.6. The van der Waals surface area contributed by atoms with E-state index < -0.39 is 6.09 Å². The molecular formula is C21H19N3O3S. The Labute approximate surface area is 166 Å². The Balaban J connectivity index is 1.50. The predicted octanol–water partition coefficient (Wildman–Crippen LogP) is 4.64. The highest BCUT2D eigenvalue weighted by Crippen LogP contribution is 2.27. The Morgan fingerprint density at radius 3 is 2.79 bits per heavy atom. The summed E-state index contributed by atoms with van der Waals surface area (Å²) in [4.78, 5) is 30.4. The van der Waals surface area contributed by atoms with Crippen molar-refractivity contribution in [2.45, 2.75) is 13.8 Å². The van der Waals surface area contributed by atoms with Crippen LogP contribution < -0.4 is 10.2 Å². The van der Waals surface area contributed by atoms with Crippen LogP contribution in [0.25, 0.3) is 11.3 Å². The van der Waals surface area contributed by atoms with Crippen LogP contribution >= 0.6 is 11.3 Å². The molecule has 0 radical (unpaired) electrons. The van der Waals surface area contributed by atoms with Gasteiger partial charge in [0.05, 0.1) is 12.2 Å². The van der Waals surface area contributed by atoms with Crippen LogP contribution in [0.4, 0.5) is 15.6 Å². The minimum Gasteiger partial charge on any atom is -0.447 e. The summed E-state index contributed by atoms with van der Waals surface area (Å²) < 4.78 is 4.95. The number of thiazole rings is 1. The molecule has 2 heterocycles. The summed E-state index contributed by atoms with van der Waals surface area (Å²) in [5, 5.41) is 5.30. The lowest BCUT2D eigenvalue weighted by Gasteiger charge is -2.13. The molecule has 1 aliphatic rings. The quantitative estimate of drug-likeness (QED) is 0.701. The van der Waals surface area contributed by atoms with Crippen LogP contribution in [0.2, 0.25) is 0 Å². The normalized spacial score (nSPS) is 13.5. The molecule has 1 fully saturated rings. The molecule has 0 unspecified atom stereocenters. The molecule has 1 aromatic heterocycles. The highest BCUT2D eigenvalue weighted by Gasteiger charge is 2.24. The SMILES string of the molecule is Cc1ccc(-c2csc(NC(=O)c3cccc(N4CCOC4=O)c3)n2)cc1C. The van der Waals surface area contributed by atoms with Gasteiger partial charge in [0.25, 0.3) is 5.91 Å². The molecule has 6 nitrogen and oxygen atoms in total. The number of carbonyl (C=O) groups is 2. The third kappa shape index (κ3) is 3.61. The molecule has 0 atom stereocenters. The number of nitrogens with one attached hydrogen (secondary N) is 1. The Morgan fingerprint density at radius 1 is 1.18 bits per heavy atom. The Hall–Kier alpha value is -3.19. The first-order valence-corrected chi connectivity index (χ1v) is 9.78. The number of cyclic esters (lactones) is 1. The zero-order valence-corrected chi connectivity index (χ0v) is 16.4. The van der Waals surface area contributed by atoms with Gasteiger partial charge in [0.15, 0.2) is 5.13 Å². The summed E-state index contributed by atoms with van der Waals surface area (Å²) in [6.07, 6.45) is -0.393. The van der Waals surface area contributed by atoms with E-state index in [0.717, 1.165) is 11.3 Å². The fraction of sp³-hybridized carbons (Fsp3) is 0.190. The van der Waals surface area contributed by atoms with Crippen LogP contribution in [0.5, 0.6) is 0 Å². The zero-order valence-electron chi connectivity index (χ0n) is 15.6. The van der Waals surface area contributed by atoms with E-state index in [0.29, 0.717) is 29.5 Å². The van der Waals surface area contributed by atoms with Gasteiger partial charge in [0.2, 0.25) is 0 Å². The largest absolute Gasteiger partial charge is 0.447 e. The second-order valence-electron chi connectivity index (χ2n) is 6.61. The molecule has 1 N–H and O–H groups in total. The number of nitrogens with zero attached hydrogens (tertiary/aromatic N) is 2. The van der Waals surface area contributed by atoms with Gasteiger partial charge in [-0.3, -0.25) is 15.0 Å². The predicted molar refractivity (Wildman–Crippen MR) is 110 cm³/mol. The van der Waals surface area contributed by atoms with Gasteiger partial charge in [-0.1, -0.05) is 18.2 Å². The van der Waals surface area contributed by atoms with E-state index in [2.05, 4.69) is 36.3 Å². The van der Waals surface area contributed by atoms with E-state index in [-0.39, 0.29) is 5.91 Å². The van der Waals surface area contributed by atoms with Crippen LogP contribution in [0.1, 0.15) is 21.5 Å². The molecular weight excluding hydrogens is 374 g/mol. The van der Waals surface area contributed by atoms with Crippen molar-refractivity contribution in [2.24, 2.45) is 0 Å². The monoisotopic (exact) mass is 393 g/mol. The molecule has 2 aromatic carbocycles. The number of carbonyl (C=O) groups excluding carboxylic acids is 2. The highest BCUT2D eigenvalue weighted by atomic mass is 32.1. The van der Waals surface area contributed by atoms with E-state index in [1.165, 1.54) is 27.4 Å². The van der Waals surface area contributed by atoms with Gasteiger partial charge < -0.3 is 4.74 Å². The molecule has 7 heteroatoms. The van der Waals surface area contributed by atoms with Gasteiger partial charge in [0.1, 0.15) is 6.61 Å². The number of rotatable bonds is 4. The molecule has 1 aliphatic heterocycles. The van der Waals surface area contributed by atoms with Crippen molar-refractivity contribution < 1.29 is 14.3 Å². The number of ether oxygens (including phenoxy) is 1. The van der Waals surface area contributed by atoms with Crippen LogP contribution in [0.3, 0.4) is 0 Å². The van der Waals surface area contributed by atoms with Crippen molar-refractivity contribution in [3.8, 4) is 11.3 Å². The van der Waals surface area contributed by atoms with Crippen molar-refractivity contribution in [1.29, 1.82) is 0 Å². The number of anilines is 2. The fourth-order valence-corrected chi connectivity index (χ4v) is 3.69. The van der Waals surface area contributed by atoms with E-state index in [9.17, 15) is 9.59 Å². The fourth-order valence-electron chi connectivity index (χ4n) is 2.98. The van der Waals surface area contributed by atoms with Crippen LogP contribution in [-0.4, -0.2) is 30.1 Å². The van der Waals surface area contributed by atoms with E-state index in [1.54, 1.807) is 24.3 Å². The van der Waals surface area contributed by atoms with Gasteiger partial charge in [-0.2, -0.15) is 0 Å². The summed E-state index contributed by atoms with van der Waals surface area (Å²) in [5.41, 5.74) is 5.39. The molecule has 3 aromatic rings. The van der Waals surface area contributed by atoms with Crippen LogP contribution in [0, 0.1) is 13.8 Å². The van der Waals surface area contributed by atoms with Crippen LogP contribution in [0.15, 0.2) is 47.8 Å². The average molecular weight is 393 g/mol. The molecule has 4 rings (SSSR count). The molecule has 142 valence electrons. The lowest BCUT2D eigenvalue weighted by molar-refractivity contribution is 0.102. The first-order valence-electron chi connectivity index (χ1n) is 8.90. The minimum absolute atomic E-state index is 0.268. The van der Waals surface area contributed by atoms with Gasteiger partial charge in [0, 0.05) is 22.2 Å². The first-order chi connectivity index (χ1) is 13.5. The molecule has 0 saturated carbocycles. The maximum Gasteiger partial charge on any atom is 0.414 e. The standard InChI is InChI=1S/C21H19N3O3S/c1-13-6-7-15(10-14(13)2)18-12-28-20(22-18)23-19(25)16-4-3-5-17(11-16)24-8-9-27-21(24)26/h3-7,10-12H,8-9H2,1-2H3,(H,22,23,25). The van der Waals surface area contributed by atoms with Crippen molar-refractivity contribution >= 4 is 34.2 Å². The number of hydrogen-bond donors (Lipinski definition) is 1. The number of amides is 2. The van der Waals surface area contributed by atoms with Crippen molar-refractivity contribution in [3.05, 3.63) is 64.5 Å². The van der Waals surface area contributed by atoms with Gasteiger partial charge in [-0.05, 0) is 49.2 Å². The number of hydrogen-bond acceptors (Lipinski definition) is 5. The second kappa shape index (κ2) is 7.44. The van der Waals surface area contributed by atoms with Crippen molar-refractivity contribution in [2.75, 3.05) is 23.4 Å². The first kappa shape index (κ1) is 18.2. The average Bonchev–Trinajstić information content (AvgIpc) is 3.33. The molecule has 1 saturated heterocycles. The Kier molecular flexibility index (Phi) is 4.83. The van der Waals surface area contributed by atoms with Crippen molar-refractivity contribution in [3.63, 3.8) is 0 Å². The summed E-state index contributed by atoms with van der Waals surface area (Å²) in [6, 6.07) is 13.1. The molecule has 2 amide bonds. The summed E-state index contributed by atoms with van der Waals surface area (Å²) in [6.45, 7) is 4.98. The van der Waals surface area contributed by atoms with Gasteiger partial charge in [-0.25, -0.2) is 9.78 Å². The van der Waals surface area contributed by atoms with Gasteiger partial charge >= 0.3 is 6.09 Å². The molecule has 28 heavy (non-hydrogen) atoms. The number of aromatic nitrogens is 1. The van der Waals surface area contributed by atoms with E-state index in [1.807, 2.05) is 11.4 Å². The lowest BCUT2D eigenvalue weighted by Crippen LogP contribution is -2.23. The minimum atomic E-state index is -0.393. The number of aryl methyl sites for hydroxylation is 2. The molecule has 0 bridgehead atoms. The summed E-state index contributed by atoms with van der Waals surface area (Å²) in [7, 11) is 0. The highest BCUT2D eigenvalue weighted by molar-refractivity contribution is 7.14. The zero-order chi connectivity index (χ0) is 19.7. The topological polar surface area (TPSA) is 71.5 Å².